The van der Waals surface area contributed by atoms with Gasteiger partial charge in [-0.25, -0.2) is 0 Å². The molecule has 0 fully saturated rings. The summed E-state index contributed by atoms with van der Waals surface area (Å²) < 4.78 is 5.85. The SMILES string of the molecule is CCN(C(=O)C1(C)Oc2ccc(C)cc2NC1=O)c1ccccc1. The highest BCUT2D eigenvalue weighted by Crippen LogP contribution is 2.35. The fourth-order valence-corrected chi connectivity index (χ4v) is 2.79. The van der Waals surface area contributed by atoms with Gasteiger partial charge in [0, 0.05) is 12.2 Å². The topological polar surface area (TPSA) is 58.6 Å². The molecule has 3 rings (SSSR count). The first-order chi connectivity index (χ1) is 11.5. The van der Waals surface area contributed by atoms with Gasteiger partial charge >= 0.3 is 0 Å². The third-order valence-corrected chi connectivity index (χ3v) is 4.17. The minimum Gasteiger partial charge on any atom is -0.465 e. The molecule has 1 aliphatic rings. The van der Waals surface area contributed by atoms with Crippen LogP contribution in [0.5, 0.6) is 5.75 Å². The Labute approximate surface area is 141 Å². The molecule has 5 heteroatoms. The molecule has 0 spiro atoms. The van der Waals surface area contributed by atoms with E-state index in [9.17, 15) is 9.59 Å². The fraction of sp³-hybridized carbons (Fsp3) is 0.263. The van der Waals surface area contributed by atoms with Crippen molar-refractivity contribution in [3.63, 3.8) is 0 Å². The van der Waals surface area contributed by atoms with Crippen molar-refractivity contribution in [2.75, 3.05) is 16.8 Å². The van der Waals surface area contributed by atoms with Crippen LogP contribution in [-0.4, -0.2) is 24.0 Å². The van der Waals surface area contributed by atoms with Crippen LogP contribution in [0.25, 0.3) is 0 Å². The third-order valence-electron chi connectivity index (χ3n) is 4.17. The number of rotatable bonds is 3. The van der Waals surface area contributed by atoms with E-state index in [2.05, 4.69) is 5.32 Å². The first kappa shape index (κ1) is 16.1. The molecule has 124 valence electrons. The van der Waals surface area contributed by atoms with Crippen molar-refractivity contribution in [2.45, 2.75) is 26.4 Å². The summed E-state index contributed by atoms with van der Waals surface area (Å²) in [5.74, 6) is -0.347. The van der Waals surface area contributed by atoms with Crippen LogP contribution in [0.3, 0.4) is 0 Å². The molecule has 0 saturated heterocycles. The Morgan fingerprint density at radius 2 is 1.92 bits per heavy atom. The number of benzene rings is 2. The number of carbonyl (C=O) groups is 2. The number of nitrogens with one attached hydrogen (secondary N) is 1. The van der Waals surface area contributed by atoms with Crippen molar-refractivity contribution < 1.29 is 14.3 Å². The summed E-state index contributed by atoms with van der Waals surface area (Å²) >= 11 is 0. The molecule has 5 nitrogen and oxygen atoms in total. The van der Waals surface area contributed by atoms with Gasteiger partial charge in [0.15, 0.2) is 0 Å². The number of likely N-dealkylation sites (N-methyl/N-ethyl adjacent to an activating group) is 1. The Morgan fingerprint density at radius 3 is 2.58 bits per heavy atom. The normalized spacial score (nSPS) is 19.0. The van der Waals surface area contributed by atoms with E-state index >= 15 is 0 Å². The van der Waals surface area contributed by atoms with Crippen LogP contribution in [-0.2, 0) is 9.59 Å². The second-order valence-electron chi connectivity index (χ2n) is 5.97. The number of ether oxygens (including phenoxy) is 1. The zero-order valence-electron chi connectivity index (χ0n) is 14.0. The number of fused-ring (bicyclic) bond motifs is 1. The van der Waals surface area contributed by atoms with Gasteiger partial charge < -0.3 is 15.0 Å². The van der Waals surface area contributed by atoms with Crippen molar-refractivity contribution in [1.29, 1.82) is 0 Å². The molecule has 1 aliphatic heterocycles. The molecule has 0 bridgehead atoms. The van der Waals surface area contributed by atoms with Gasteiger partial charge in [-0.05, 0) is 50.6 Å². The minimum atomic E-state index is -1.60. The fourth-order valence-electron chi connectivity index (χ4n) is 2.79. The van der Waals surface area contributed by atoms with Crippen molar-refractivity contribution in [3.8, 4) is 5.75 Å². The minimum absolute atomic E-state index is 0.389. The molecule has 2 aromatic carbocycles. The highest BCUT2D eigenvalue weighted by atomic mass is 16.5. The van der Waals surface area contributed by atoms with E-state index in [4.69, 9.17) is 4.74 Å². The number of nitrogens with zero attached hydrogens (tertiary/aromatic N) is 1. The Morgan fingerprint density at radius 1 is 1.21 bits per heavy atom. The lowest BCUT2D eigenvalue weighted by Crippen LogP contribution is -2.59. The third kappa shape index (κ3) is 2.62. The number of hydrogen-bond acceptors (Lipinski definition) is 3. The quantitative estimate of drug-likeness (QED) is 0.883. The van der Waals surface area contributed by atoms with Crippen LogP contribution in [0.1, 0.15) is 19.4 Å². The molecule has 1 atom stereocenters. The van der Waals surface area contributed by atoms with E-state index in [0.717, 1.165) is 11.3 Å². The Kier molecular flexibility index (Phi) is 4.01. The van der Waals surface area contributed by atoms with Gasteiger partial charge in [-0.2, -0.15) is 0 Å². The second-order valence-corrected chi connectivity index (χ2v) is 5.97. The lowest BCUT2D eigenvalue weighted by atomic mass is 10.00. The Bertz CT molecular complexity index is 788. The number of anilines is 2. The summed E-state index contributed by atoms with van der Waals surface area (Å²) in [7, 11) is 0. The molecule has 1 unspecified atom stereocenters. The number of amides is 2. The lowest BCUT2D eigenvalue weighted by molar-refractivity contribution is -0.144. The largest absolute Gasteiger partial charge is 0.465 e. The van der Waals surface area contributed by atoms with Crippen LogP contribution in [0.2, 0.25) is 0 Å². The monoisotopic (exact) mass is 324 g/mol. The summed E-state index contributed by atoms with van der Waals surface area (Å²) in [6.07, 6.45) is 0. The predicted octanol–water partition coefficient (Wildman–Crippen LogP) is 3.14. The average Bonchev–Trinajstić information content (AvgIpc) is 2.58. The zero-order valence-corrected chi connectivity index (χ0v) is 14.0. The van der Waals surface area contributed by atoms with E-state index in [0.29, 0.717) is 18.0 Å². The molecule has 24 heavy (non-hydrogen) atoms. The van der Waals surface area contributed by atoms with Crippen LogP contribution < -0.4 is 15.0 Å². The highest BCUT2D eigenvalue weighted by Gasteiger charge is 2.49. The van der Waals surface area contributed by atoms with E-state index in [1.54, 1.807) is 11.0 Å². The van der Waals surface area contributed by atoms with Crippen LogP contribution in [0.15, 0.2) is 48.5 Å². The smallest absolute Gasteiger partial charge is 0.280 e. The lowest BCUT2D eigenvalue weighted by Gasteiger charge is -2.36. The standard InChI is InChI=1S/C19H20N2O3/c1-4-21(14-8-6-5-7-9-14)18(23)19(3)17(22)20-15-12-13(2)10-11-16(15)24-19/h5-12H,4H2,1-3H3,(H,20,22). The summed E-state index contributed by atoms with van der Waals surface area (Å²) in [4.78, 5) is 27.2. The molecular weight excluding hydrogens is 304 g/mol. The van der Waals surface area contributed by atoms with Crippen molar-refractivity contribution >= 4 is 23.2 Å². The van der Waals surface area contributed by atoms with Crippen LogP contribution in [0, 0.1) is 6.92 Å². The maximum absolute atomic E-state index is 13.1. The second kappa shape index (κ2) is 6.00. The van der Waals surface area contributed by atoms with Crippen LogP contribution >= 0.6 is 0 Å². The number of para-hydroxylation sites is 1. The first-order valence-electron chi connectivity index (χ1n) is 7.94. The predicted molar refractivity (Wildman–Crippen MR) is 93.3 cm³/mol. The van der Waals surface area contributed by atoms with Gasteiger partial charge in [-0.3, -0.25) is 9.59 Å². The van der Waals surface area contributed by atoms with Gasteiger partial charge in [0.1, 0.15) is 5.75 Å². The molecule has 2 amide bonds. The number of aryl methyl sites for hydroxylation is 1. The van der Waals surface area contributed by atoms with Gasteiger partial charge in [0.25, 0.3) is 17.4 Å². The number of hydrogen-bond donors (Lipinski definition) is 1. The summed E-state index contributed by atoms with van der Waals surface area (Å²) in [6.45, 7) is 5.75. The van der Waals surface area contributed by atoms with Crippen molar-refractivity contribution in [2.24, 2.45) is 0 Å². The van der Waals surface area contributed by atoms with E-state index in [-0.39, 0.29) is 5.91 Å². The van der Waals surface area contributed by atoms with Crippen molar-refractivity contribution in [1.82, 2.24) is 0 Å². The molecular formula is C19H20N2O3. The van der Waals surface area contributed by atoms with E-state index in [1.807, 2.05) is 56.3 Å². The molecule has 1 N–H and O–H groups in total. The first-order valence-corrected chi connectivity index (χ1v) is 7.94. The zero-order chi connectivity index (χ0) is 17.3. The van der Waals surface area contributed by atoms with Gasteiger partial charge in [0.05, 0.1) is 5.69 Å². The van der Waals surface area contributed by atoms with E-state index in [1.165, 1.54) is 6.92 Å². The molecule has 0 radical (unpaired) electrons. The molecule has 1 heterocycles. The molecule has 2 aromatic rings. The Hall–Kier alpha value is -2.82. The maximum Gasteiger partial charge on any atom is 0.280 e. The van der Waals surface area contributed by atoms with Crippen LogP contribution in [0.4, 0.5) is 11.4 Å². The number of carbonyl (C=O) groups excluding carboxylic acids is 2. The molecule has 0 saturated carbocycles. The van der Waals surface area contributed by atoms with Gasteiger partial charge in [-0.1, -0.05) is 24.3 Å². The van der Waals surface area contributed by atoms with Gasteiger partial charge in [0.2, 0.25) is 0 Å². The molecule has 0 aliphatic carbocycles. The van der Waals surface area contributed by atoms with Crippen molar-refractivity contribution in [3.05, 3.63) is 54.1 Å². The maximum atomic E-state index is 13.1. The van der Waals surface area contributed by atoms with E-state index < -0.39 is 11.5 Å². The van der Waals surface area contributed by atoms with Gasteiger partial charge in [-0.15, -0.1) is 0 Å². The Balaban J connectivity index is 1.96. The molecule has 0 aromatic heterocycles. The summed E-state index contributed by atoms with van der Waals surface area (Å²) in [6, 6.07) is 14.7. The summed E-state index contributed by atoms with van der Waals surface area (Å²) in [5.41, 5.74) is 0.728. The highest BCUT2D eigenvalue weighted by molar-refractivity contribution is 6.19. The summed E-state index contributed by atoms with van der Waals surface area (Å²) in [5, 5.41) is 2.79. The average molecular weight is 324 g/mol.